The van der Waals surface area contributed by atoms with Crippen LogP contribution in [0.1, 0.15) is 30.7 Å². The van der Waals surface area contributed by atoms with Crippen LogP contribution < -0.4 is 9.80 Å². The monoisotopic (exact) mass is 452 g/mol. The molecular formula is C28H28N4O2. The van der Waals surface area contributed by atoms with E-state index in [4.69, 9.17) is 4.98 Å². The number of aromatic nitrogens is 2. The minimum Gasteiger partial charge on any atom is -0.318 e. The molecule has 0 N–H and O–H groups in total. The fourth-order valence-electron chi connectivity index (χ4n) is 4.65. The summed E-state index contributed by atoms with van der Waals surface area (Å²) in [7, 11) is 1.79. The maximum atomic E-state index is 13.2. The zero-order chi connectivity index (χ0) is 23.7. The van der Waals surface area contributed by atoms with Gasteiger partial charge < -0.3 is 14.4 Å². The van der Waals surface area contributed by atoms with Crippen molar-refractivity contribution in [3.05, 3.63) is 90.3 Å². The first-order chi connectivity index (χ1) is 16.5. The number of fused-ring (bicyclic) bond motifs is 1. The Morgan fingerprint density at radius 1 is 1.00 bits per heavy atom. The molecule has 1 aliphatic heterocycles. The number of anilines is 2. The maximum Gasteiger partial charge on any atom is 0.246 e. The molecule has 0 saturated carbocycles. The third kappa shape index (κ3) is 4.07. The van der Waals surface area contributed by atoms with Gasteiger partial charge in [-0.2, -0.15) is 0 Å². The lowest BCUT2D eigenvalue weighted by Gasteiger charge is -2.20. The number of rotatable bonds is 6. The molecule has 4 aromatic rings. The maximum absolute atomic E-state index is 13.2. The number of aryl methyl sites for hydroxylation is 1. The van der Waals surface area contributed by atoms with E-state index in [1.807, 2.05) is 76.2 Å². The van der Waals surface area contributed by atoms with E-state index in [1.165, 1.54) is 5.56 Å². The smallest absolute Gasteiger partial charge is 0.246 e. The molecule has 6 nitrogen and oxygen atoms in total. The van der Waals surface area contributed by atoms with Crippen LogP contribution in [0.4, 0.5) is 11.4 Å². The van der Waals surface area contributed by atoms with Crippen LogP contribution in [0.25, 0.3) is 11.0 Å². The Kier molecular flexibility index (Phi) is 5.88. The van der Waals surface area contributed by atoms with Gasteiger partial charge >= 0.3 is 0 Å². The molecule has 0 bridgehead atoms. The summed E-state index contributed by atoms with van der Waals surface area (Å²) in [5, 5.41) is 0. The van der Waals surface area contributed by atoms with Gasteiger partial charge in [0, 0.05) is 37.3 Å². The van der Waals surface area contributed by atoms with Gasteiger partial charge in [0.1, 0.15) is 12.4 Å². The normalized spacial score (nSPS) is 15.8. The molecular weight excluding hydrogens is 424 g/mol. The lowest BCUT2D eigenvalue weighted by molar-refractivity contribution is -0.119. The van der Waals surface area contributed by atoms with E-state index in [1.54, 1.807) is 11.9 Å². The number of hydrogen-bond acceptors (Lipinski definition) is 3. The van der Waals surface area contributed by atoms with E-state index in [2.05, 4.69) is 19.1 Å². The molecule has 1 aromatic heterocycles. The van der Waals surface area contributed by atoms with E-state index in [9.17, 15) is 9.59 Å². The van der Waals surface area contributed by atoms with Crippen LogP contribution in [0, 0.1) is 0 Å². The van der Waals surface area contributed by atoms with Crippen molar-refractivity contribution < 1.29 is 9.59 Å². The Morgan fingerprint density at radius 2 is 1.71 bits per heavy atom. The Bertz CT molecular complexity index is 1330. The summed E-state index contributed by atoms with van der Waals surface area (Å²) in [4.78, 5) is 34.6. The lowest BCUT2D eigenvalue weighted by atomic mass is 10.1. The molecule has 0 radical (unpaired) electrons. The first-order valence-corrected chi connectivity index (χ1v) is 11.7. The van der Waals surface area contributed by atoms with Gasteiger partial charge in [0.2, 0.25) is 11.8 Å². The fourth-order valence-corrected chi connectivity index (χ4v) is 4.65. The molecule has 1 fully saturated rings. The van der Waals surface area contributed by atoms with Crippen LogP contribution in [-0.4, -0.2) is 35.0 Å². The highest BCUT2D eigenvalue weighted by molar-refractivity contribution is 5.97. The van der Waals surface area contributed by atoms with Crippen molar-refractivity contribution in [1.82, 2.24) is 9.55 Å². The number of nitrogens with zero attached hydrogens (tertiary/aromatic N) is 4. The van der Waals surface area contributed by atoms with E-state index in [0.717, 1.165) is 34.7 Å². The van der Waals surface area contributed by atoms with Gasteiger partial charge in [0.15, 0.2) is 0 Å². The highest BCUT2D eigenvalue weighted by Gasteiger charge is 2.35. The van der Waals surface area contributed by atoms with Gasteiger partial charge in [-0.3, -0.25) is 9.59 Å². The number of likely N-dealkylation sites (N-methyl/N-ethyl adjacent to an activating group) is 1. The number of carbonyl (C=O) groups is 2. The van der Waals surface area contributed by atoms with Crippen LogP contribution in [-0.2, 0) is 22.6 Å². The Balaban J connectivity index is 1.45. The van der Waals surface area contributed by atoms with Crippen molar-refractivity contribution in [2.75, 3.05) is 23.4 Å². The molecule has 3 aromatic carbocycles. The zero-order valence-electron chi connectivity index (χ0n) is 19.5. The van der Waals surface area contributed by atoms with Gasteiger partial charge in [0.05, 0.1) is 11.0 Å². The molecule has 1 atom stereocenters. The van der Waals surface area contributed by atoms with Crippen LogP contribution in [0.5, 0.6) is 0 Å². The zero-order valence-corrected chi connectivity index (χ0v) is 19.5. The van der Waals surface area contributed by atoms with Crippen molar-refractivity contribution in [3.63, 3.8) is 0 Å². The van der Waals surface area contributed by atoms with Crippen molar-refractivity contribution in [2.24, 2.45) is 0 Å². The minimum atomic E-state index is -0.0828. The predicted octanol–water partition coefficient (Wildman–Crippen LogP) is 4.78. The Hall–Kier alpha value is -3.93. The van der Waals surface area contributed by atoms with Gasteiger partial charge in [-0.1, -0.05) is 49.4 Å². The third-order valence-corrected chi connectivity index (χ3v) is 6.64. The molecule has 34 heavy (non-hydrogen) atoms. The molecule has 1 aliphatic rings. The Morgan fingerprint density at radius 3 is 2.44 bits per heavy atom. The first kappa shape index (κ1) is 21.9. The number of hydrogen-bond donors (Lipinski definition) is 0. The van der Waals surface area contributed by atoms with Crippen molar-refractivity contribution in [1.29, 1.82) is 0 Å². The molecule has 2 amide bonds. The SMILES string of the molecule is CCc1ccc(N2C[C@H](c3nc4ccccc4n3CC(=O)N(C)c3ccccc3)CC2=O)cc1. The average molecular weight is 453 g/mol. The van der Waals surface area contributed by atoms with E-state index < -0.39 is 0 Å². The summed E-state index contributed by atoms with van der Waals surface area (Å²) in [6.07, 6.45) is 1.34. The summed E-state index contributed by atoms with van der Waals surface area (Å²) in [5.74, 6) is 0.755. The van der Waals surface area contributed by atoms with Gasteiger partial charge in [-0.25, -0.2) is 4.98 Å². The third-order valence-electron chi connectivity index (χ3n) is 6.64. The number of amides is 2. The Labute approximate surface area is 199 Å². The van der Waals surface area contributed by atoms with Crippen LogP contribution in [0.2, 0.25) is 0 Å². The molecule has 0 aliphatic carbocycles. The summed E-state index contributed by atoms with van der Waals surface area (Å²) in [6, 6.07) is 25.6. The van der Waals surface area contributed by atoms with Crippen LogP contribution in [0.3, 0.4) is 0 Å². The van der Waals surface area contributed by atoms with Crippen LogP contribution in [0.15, 0.2) is 78.9 Å². The predicted molar refractivity (Wildman–Crippen MR) is 135 cm³/mol. The van der Waals surface area contributed by atoms with Crippen LogP contribution >= 0.6 is 0 Å². The summed E-state index contributed by atoms with van der Waals surface area (Å²) < 4.78 is 1.98. The van der Waals surface area contributed by atoms with Gasteiger partial charge in [-0.15, -0.1) is 0 Å². The number of benzene rings is 3. The number of carbonyl (C=O) groups excluding carboxylic acids is 2. The largest absolute Gasteiger partial charge is 0.318 e. The first-order valence-electron chi connectivity index (χ1n) is 11.7. The average Bonchev–Trinajstić information content (AvgIpc) is 3.44. The molecule has 2 heterocycles. The fraction of sp³-hybridized carbons (Fsp3) is 0.250. The summed E-state index contributed by atoms with van der Waals surface area (Å²) in [5.41, 5.74) is 4.75. The lowest BCUT2D eigenvalue weighted by Crippen LogP contribution is -2.31. The highest BCUT2D eigenvalue weighted by Crippen LogP contribution is 2.33. The second-order valence-electron chi connectivity index (χ2n) is 8.76. The summed E-state index contributed by atoms with van der Waals surface area (Å²) >= 11 is 0. The topological polar surface area (TPSA) is 58.4 Å². The van der Waals surface area contributed by atoms with Crippen molar-refractivity contribution in [3.8, 4) is 0 Å². The van der Waals surface area contributed by atoms with Crippen molar-refractivity contribution >= 4 is 34.2 Å². The number of imidazole rings is 1. The van der Waals surface area contributed by atoms with E-state index in [-0.39, 0.29) is 24.3 Å². The second kappa shape index (κ2) is 9.14. The standard InChI is InChI=1S/C28H28N4O2/c1-3-20-13-15-23(16-14-20)31-18-21(17-26(31)33)28-29-24-11-7-8-12-25(24)32(28)19-27(34)30(2)22-9-5-4-6-10-22/h4-16,21H,3,17-19H2,1-2H3/t21-/m1/s1. The quantitative estimate of drug-likeness (QED) is 0.423. The second-order valence-corrected chi connectivity index (χ2v) is 8.76. The molecule has 1 saturated heterocycles. The molecule has 6 heteroatoms. The molecule has 0 unspecified atom stereocenters. The van der Waals surface area contributed by atoms with Crippen molar-refractivity contribution in [2.45, 2.75) is 32.2 Å². The van der Waals surface area contributed by atoms with Gasteiger partial charge in [0.25, 0.3) is 0 Å². The summed E-state index contributed by atoms with van der Waals surface area (Å²) in [6.45, 7) is 2.83. The molecule has 172 valence electrons. The van der Waals surface area contributed by atoms with Gasteiger partial charge in [-0.05, 0) is 48.4 Å². The minimum absolute atomic E-state index is 0.0352. The highest BCUT2D eigenvalue weighted by atomic mass is 16.2. The number of para-hydroxylation sites is 3. The van der Waals surface area contributed by atoms with E-state index >= 15 is 0 Å². The van der Waals surface area contributed by atoms with E-state index in [0.29, 0.717) is 13.0 Å². The molecule has 5 rings (SSSR count). The molecule has 0 spiro atoms.